The van der Waals surface area contributed by atoms with Crippen LogP contribution in [0.1, 0.15) is 13.3 Å². The first kappa shape index (κ1) is 14.8. The number of hydrogen-bond donors (Lipinski definition) is 1. The van der Waals surface area contributed by atoms with E-state index in [1.54, 1.807) is 28.9 Å². The Balaban J connectivity index is 2.13. The van der Waals surface area contributed by atoms with Crippen LogP contribution in [-0.2, 0) is 16.6 Å². The standard InChI is InChI=1S/C13H16BrN3O3/c1-3-17-5-8(4-11(17)18)13(20)15-10-7-16(2)6-9(14)12(10)19/h6-8H,3-5H2,1-2H3,(H,15,20)/t8-/m1/s1. The van der Waals surface area contributed by atoms with Gasteiger partial charge in [0.25, 0.3) is 0 Å². The third-order valence-corrected chi connectivity index (χ3v) is 3.90. The molecule has 0 radical (unpaired) electrons. The van der Waals surface area contributed by atoms with Crippen LogP contribution in [0, 0.1) is 5.92 Å². The van der Waals surface area contributed by atoms with Gasteiger partial charge in [-0.2, -0.15) is 0 Å². The third-order valence-electron chi connectivity index (χ3n) is 3.34. The molecule has 1 fully saturated rings. The molecule has 1 aromatic rings. The SMILES string of the molecule is CCN1C[C@H](C(=O)Nc2cn(C)cc(Br)c2=O)CC1=O. The monoisotopic (exact) mass is 341 g/mol. The second kappa shape index (κ2) is 5.78. The molecule has 1 aliphatic heterocycles. The Morgan fingerprint density at radius 1 is 1.45 bits per heavy atom. The van der Waals surface area contributed by atoms with Crippen LogP contribution in [0.15, 0.2) is 21.7 Å². The maximum Gasteiger partial charge on any atom is 0.229 e. The predicted molar refractivity (Wildman–Crippen MR) is 78.4 cm³/mol. The molecule has 1 N–H and O–H groups in total. The number of nitrogens with zero attached hydrogens (tertiary/aromatic N) is 2. The highest BCUT2D eigenvalue weighted by Crippen LogP contribution is 2.19. The zero-order chi connectivity index (χ0) is 14.9. The summed E-state index contributed by atoms with van der Waals surface area (Å²) in [5.41, 5.74) is -0.0533. The van der Waals surface area contributed by atoms with E-state index in [0.717, 1.165) is 0 Å². The summed E-state index contributed by atoms with van der Waals surface area (Å²) < 4.78 is 2.06. The number of halogens is 1. The Labute approximate surface area is 124 Å². The van der Waals surface area contributed by atoms with Crippen molar-refractivity contribution < 1.29 is 9.59 Å². The number of aromatic nitrogens is 1. The molecule has 7 heteroatoms. The largest absolute Gasteiger partial charge is 0.354 e. The molecule has 0 aliphatic carbocycles. The molecule has 0 aromatic carbocycles. The van der Waals surface area contributed by atoms with E-state index < -0.39 is 5.92 Å². The minimum Gasteiger partial charge on any atom is -0.354 e. The fourth-order valence-corrected chi connectivity index (χ4v) is 2.78. The van der Waals surface area contributed by atoms with Crippen molar-refractivity contribution in [3.05, 3.63) is 27.1 Å². The second-order valence-corrected chi connectivity index (χ2v) is 5.69. The molecule has 2 amide bonds. The van der Waals surface area contributed by atoms with Gasteiger partial charge >= 0.3 is 0 Å². The van der Waals surface area contributed by atoms with Crippen LogP contribution in [0.2, 0.25) is 0 Å². The van der Waals surface area contributed by atoms with Gasteiger partial charge in [0.15, 0.2) is 0 Å². The number of anilines is 1. The molecule has 108 valence electrons. The van der Waals surface area contributed by atoms with Crippen molar-refractivity contribution in [2.75, 3.05) is 18.4 Å². The Morgan fingerprint density at radius 3 is 2.75 bits per heavy atom. The molecule has 1 atom stereocenters. The van der Waals surface area contributed by atoms with Gasteiger partial charge in [-0.15, -0.1) is 0 Å². The number of amides is 2. The fourth-order valence-electron chi connectivity index (χ4n) is 2.24. The van der Waals surface area contributed by atoms with Crippen LogP contribution in [0.3, 0.4) is 0 Å². The molecule has 0 unspecified atom stereocenters. The summed E-state index contributed by atoms with van der Waals surface area (Å²) in [4.78, 5) is 37.3. The van der Waals surface area contributed by atoms with E-state index in [1.165, 1.54) is 0 Å². The normalized spacial score (nSPS) is 18.4. The molecular formula is C13H16BrN3O3. The first-order valence-electron chi connectivity index (χ1n) is 6.36. The van der Waals surface area contributed by atoms with E-state index >= 15 is 0 Å². The zero-order valence-corrected chi connectivity index (χ0v) is 12.9. The van der Waals surface area contributed by atoms with Gasteiger partial charge in [0.1, 0.15) is 5.69 Å². The highest BCUT2D eigenvalue weighted by molar-refractivity contribution is 9.10. The Bertz CT molecular complexity index is 611. The zero-order valence-electron chi connectivity index (χ0n) is 11.4. The van der Waals surface area contributed by atoms with Gasteiger partial charge < -0.3 is 14.8 Å². The Morgan fingerprint density at radius 2 is 2.15 bits per heavy atom. The molecule has 20 heavy (non-hydrogen) atoms. The fraction of sp³-hybridized carbons (Fsp3) is 0.462. The molecular weight excluding hydrogens is 326 g/mol. The quantitative estimate of drug-likeness (QED) is 0.889. The lowest BCUT2D eigenvalue weighted by Crippen LogP contribution is -2.29. The van der Waals surface area contributed by atoms with Gasteiger partial charge in [0.2, 0.25) is 17.2 Å². The van der Waals surface area contributed by atoms with E-state index in [2.05, 4.69) is 21.2 Å². The molecule has 1 aromatic heterocycles. The molecule has 6 nitrogen and oxygen atoms in total. The van der Waals surface area contributed by atoms with E-state index in [-0.39, 0.29) is 29.4 Å². The number of carbonyl (C=O) groups excluding carboxylic acids is 2. The maximum atomic E-state index is 12.1. The third kappa shape index (κ3) is 2.92. The van der Waals surface area contributed by atoms with E-state index in [4.69, 9.17) is 0 Å². The first-order chi connectivity index (χ1) is 9.42. The number of rotatable bonds is 3. The van der Waals surface area contributed by atoms with Crippen molar-refractivity contribution in [2.24, 2.45) is 13.0 Å². The number of carbonyl (C=O) groups is 2. The Hall–Kier alpha value is -1.63. The van der Waals surface area contributed by atoms with Gasteiger partial charge in [-0.25, -0.2) is 0 Å². The smallest absolute Gasteiger partial charge is 0.229 e. The minimum absolute atomic E-state index is 0.0187. The second-order valence-electron chi connectivity index (χ2n) is 4.84. The molecule has 0 spiro atoms. The number of likely N-dealkylation sites (tertiary alicyclic amines) is 1. The van der Waals surface area contributed by atoms with Crippen molar-refractivity contribution >= 4 is 33.4 Å². The lowest BCUT2D eigenvalue weighted by Gasteiger charge is -2.14. The summed E-state index contributed by atoms with van der Waals surface area (Å²) in [7, 11) is 1.76. The number of aryl methyl sites for hydroxylation is 1. The molecule has 1 aliphatic rings. The number of nitrogens with one attached hydrogen (secondary N) is 1. The average molecular weight is 342 g/mol. The van der Waals surface area contributed by atoms with E-state index in [0.29, 0.717) is 17.6 Å². The van der Waals surface area contributed by atoms with Crippen molar-refractivity contribution in [3.8, 4) is 0 Å². The topological polar surface area (TPSA) is 71.4 Å². The van der Waals surface area contributed by atoms with Gasteiger partial charge in [0, 0.05) is 39.0 Å². The summed E-state index contributed by atoms with van der Waals surface area (Å²) in [5, 5.41) is 2.62. The van der Waals surface area contributed by atoms with Crippen LogP contribution < -0.4 is 10.7 Å². The summed E-state index contributed by atoms with van der Waals surface area (Å²) in [6.07, 6.45) is 3.38. The number of hydrogen-bond acceptors (Lipinski definition) is 3. The first-order valence-corrected chi connectivity index (χ1v) is 7.16. The van der Waals surface area contributed by atoms with Gasteiger partial charge in [-0.3, -0.25) is 14.4 Å². The van der Waals surface area contributed by atoms with Crippen LogP contribution in [0.25, 0.3) is 0 Å². The van der Waals surface area contributed by atoms with Crippen LogP contribution in [0.5, 0.6) is 0 Å². The Kier molecular flexibility index (Phi) is 4.27. The van der Waals surface area contributed by atoms with E-state index in [1.807, 2.05) is 6.92 Å². The molecule has 0 saturated carbocycles. The average Bonchev–Trinajstić information content (AvgIpc) is 2.76. The molecule has 1 saturated heterocycles. The lowest BCUT2D eigenvalue weighted by atomic mass is 10.1. The highest BCUT2D eigenvalue weighted by Gasteiger charge is 2.33. The summed E-state index contributed by atoms with van der Waals surface area (Å²) >= 11 is 3.15. The van der Waals surface area contributed by atoms with Crippen molar-refractivity contribution in [3.63, 3.8) is 0 Å². The number of pyridine rings is 1. The van der Waals surface area contributed by atoms with Crippen molar-refractivity contribution in [2.45, 2.75) is 13.3 Å². The van der Waals surface area contributed by atoms with Crippen molar-refractivity contribution in [1.82, 2.24) is 9.47 Å². The highest BCUT2D eigenvalue weighted by atomic mass is 79.9. The predicted octanol–water partition coefficient (Wildman–Crippen LogP) is 0.955. The minimum atomic E-state index is -0.397. The van der Waals surface area contributed by atoms with Gasteiger partial charge in [-0.1, -0.05) is 0 Å². The van der Waals surface area contributed by atoms with Gasteiger partial charge in [0.05, 0.1) is 10.4 Å². The lowest BCUT2D eigenvalue weighted by molar-refractivity contribution is -0.128. The molecule has 2 heterocycles. The van der Waals surface area contributed by atoms with Gasteiger partial charge in [-0.05, 0) is 22.9 Å². The molecule has 2 rings (SSSR count). The summed E-state index contributed by atoms with van der Waals surface area (Å²) in [6.45, 7) is 2.89. The van der Waals surface area contributed by atoms with Crippen LogP contribution in [0.4, 0.5) is 5.69 Å². The summed E-state index contributed by atoms with van der Waals surface area (Å²) in [6, 6.07) is 0. The van der Waals surface area contributed by atoms with Crippen LogP contribution in [-0.4, -0.2) is 34.4 Å². The van der Waals surface area contributed by atoms with Crippen LogP contribution >= 0.6 is 15.9 Å². The summed E-state index contributed by atoms with van der Waals surface area (Å²) in [5.74, 6) is -0.703. The molecule has 0 bridgehead atoms. The van der Waals surface area contributed by atoms with Crippen molar-refractivity contribution in [1.29, 1.82) is 0 Å². The maximum absolute atomic E-state index is 12.1. The van der Waals surface area contributed by atoms with E-state index in [9.17, 15) is 14.4 Å².